The zero-order valence-corrected chi connectivity index (χ0v) is 9.09. The van der Waals surface area contributed by atoms with Crippen LogP contribution in [0.3, 0.4) is 0 Å². The van der Waals surface area contributed by atoms with Crippen molar-refractivity contribution in [2.75, 3.05) is 13.2 Å². The van der Waals surface area contributed by atoms with Crippen LogP contribution in [0.15, 0.2) is 12.5 Å². The summed E-state index contributed by atoms with van der Waals surface area (Å²) < 4.78 is 13.2. The second-order valence-corrected chi connectivity index (χ2v) is 3.98. The third-order valence-electron chi connectivity index (χ3n) is 2.51. The minimum atomic E-state index is -0.316. The average Bonchev–Trinajstić information content (AvgIpc) is 2.85. The fraction of sp³-hybridized carbons (Fsp3) is 0.700. The molecule has 0 spiro atoms. The van der Waals surface area contributed by atoms with Gasteiger partial charge in [-0.25, -0.2) is 4.98 Å². The van der Waals surface area contributed by atoms with Crippen molar-refractivity contribution in [3.05, 3.63) is 18.2 Å². The zero-order valence-electron chi connectivity index (χ0n) is 9.09. The predicted octanol–water partition coefficient (Wildman–Crippen LogP) is 0.837. The van der Waals surface area contributed by atoms with Crippen LogP contribution in [0.1, 0.15) is 31.9 Å². The van der Waals surface area contributed by atoms with E-state index in [0.29, 0.717) is 19.2 Å². The standard InChI is InChI=1S/C10H17N3O2/c1-7(2)13-6-12-4-9(13)10-14-5-8(3-11)15-10/h4,6-8,10H,3,5,11H2,1-2H3. The van der Waals surface area contributed by atoms with Crippen LogP contribution in [-0.4, -0.2) is 28.8 Å². The summed E-state index contributed by atoms with van der Waals surface area (Å²) in [5, 5.41) is 0. The van der Waals surface area contributed by atoms with Gasteiger partial charge in [-0.1, -0.05) is 0 Å². The van der Waals surface area contributed by atoms with E-state index in [4.69, 9.17) is 15.2 Å². The lowest BCUT2D eigenvalue weighted by Gasteiger charge is -2.15. The molecule has 1 aromatic heterocycles. The summed E-state index contributed by atoms with van der Waals surface area (Å²) in [4.78, 5) is 4.11. The second-order valence-electron chi connectivity index (χ2n) is 3.98. The number of ether oxygens (including phenoxy) is 2. The molecule has 1 aliphatic rings. The molecule has 5 heteroatoms. The number of hydrogen-bond donors (Lipinski definition) is 1. The molecule has 0 bridgehead atoms. The molecule has 2 N–H and O–H groups in total. The van der Waals surface area contributed by atoms with Gasteiger partial charge in [-0.05, 0) is 13.8 Å². The Balaban J connectivity index is 2.13. The first-order chi connectivity index (χ1) is 7.22. The molecule has 1 aromatic rings. The van der Waals surface area contributed by atoms with E-state index in [-0.39, 0.29) is 12.4 Å². The molecule has 0 aromatic carbocycles. The molecule has 2 unspecified atom stereocenters. The summed E-state index contributed by atoms with van der Waals surface area (Å²) in [6.45, 7) is 5.25. The first-order valence-corrected chi connectivity index (χ1v) is 5.21. The Labute approximate surface area is 89.2 Å². The van der Waals surface area contributed by atoms with Crippen molar-refractivity contribution in [2.45, 2.75) is 32.3 Å². The Hall–Kier alpha value is -0.910. The SMILES string of the molecule is CC(C)n1cncc1C1OCC(CN)O1. The quantitative estimate of drug-likeness (QED) is 0.804. The van der Waals surface area contributed by atoms with Crippen LogP contribution >= 0.6 is 0 Å². The van der Waals surface area contributed by atoms with E-state index in [1.807, 2.05) is 4.57 Å². The number of nitrogens with zero attached hydrogens (tertiary/aromatic N) is 2. The summed E-state index contributed by atoms with van der Waals surface area (Å²) in [6, 6.07) is 0.353. The molecule has 5 nitrogen and oxygen atoms in total. The largest absolute Gasteiger partial charge is 0.344 e. The highest BCUT2D eigenvalue weighted by Crippen LogP contribution is 2.27. The number of hydrogen-bond acceptors (Lipinski definition) is 4. The highest BCUT2D eigenvalue weighted by molar-refractivity contribution is 5.03. The number of nitrogens with two attached hydrogens (primary N) is 1. The molecule has 15 heavy (non-hydrogen) atoms. The van der Waals surface area contributed by atoms with Crippen molar-refractivity contribution < 1.29 is 9.47 Å². The van der Waals surface area contributed by atoms with Crippen LogP contribution in [0.25, 0.3) is 0 Å². The van der Waals surface area contributed by atoms with Gasteiger partial charge < -0.3 is 19.8 Å². The fourth-order valence-corrected chi connectivity index (χ4v) is 1.66. The topological polar surface area (TPSA) is 62.3 Å². The van der Waals surface area contributed by atoms with Gasteiger partial charge in [-0.2, -0.15) is 0 Å². The van der Waals surface area contributed by atoms with Crippen molar-refractivity contribution >= 4 is 0 Å². The molecule has 0 aliphatic carbocycles. The highest BCUT2D eigenvalue weighted by Gasteiger charge is 2.28. The summed E-state index contributed by atoms with van der Waals surface area (Å²) in [5.41, 5.74) is 6.48. The van der Waals surface area contributed by atoms with Gasteiger partial charge in [0.1, 0.15) is 0 Å². The lowest BCUT2D eigenvalue weighted by Crippen LogP contribution is -2.22. The number of imidazole rings is 1. The zero-order chi connectivity index (χ0) is 10.8. The minimum Gasteiger partial charge on any atom is -0.344 e. The first kappa shape index (κ1) is 10.6. The van der Waals surface area contributed by atoms with Crippen LogP contribution in [0.2, 0.25) is 0 Å². The summed E-state index contributed by atoms with van der Waals surface area (Å²) in [7, 11) is 0. The van der Waals surface area contributed by atoms with Crippen LogP contribution in [-0.2, 0) is 9.47 Å². The minimum absolute atomic E-state index is 0.00510. The molecule has 0 saturated carbocycles. The maximum atomic E-state index is 5.64. The molecule has 1 saturated heterocycles. The maximum Gasteiger partial charge on any atom is 0.201 e. The third-order valence-corrected chi connectivity index (χ3v) is 2.51. The average molecular weight is 211 g/mol. The molecule has 0 amide bonds. The Morgan fingerprint density at radius 2 is 2.47 bits per heavy atom. The van der Waals surface area contributed by atoms with E-state index in [9.17, 15) is 0 Å². The smallest absolute Gasteiger partial charge is 0.201 e. The highest BCUT2D eigenvalue weighted by atomic mass is 16.7. The van der Waals surface area contributed by atoms with Gasteiger partial charge in [0.2, 0.25) is 6.29 Å². The maximum absolute atomic E-state index is 5.64. The van der Waals surface area contributed by atoms with Gasteiger partial charge in [-0.3, -0.25) is 0 Å². The Morgan fingerprint density at radius 1 is 1.67 bits per heavy atom. The Bertz CT molecular complexity index is 324. The molecule has 0 radical (unpaired) electrons. The lowest BCUT2D eigenvalue weighted by molar-refractivity contribution is -0.0642. The molecule has 2 rings (SSSR count). The normalized spacial score (nSPS) is 26.4. The van der Waals surface area contributed by atoms with Crippen molar-refractivity contribution in [2.24, 2.45) is 5.73 Å². The van der Waals surface area contributed by atoms with E-state index < -0.39 is 0 Å². The molecule has 1 aliphatic heterocycles. The van der Waals surface area contributed by atoms with Crippen LogP contribution in [0, 0.1) is 0 Å². The van der Waals surface area contributed by atoms with Gasteiger partial charge in [0.25, 0.3) is 0 Å². The summed E-state index contributed by atoms with van der Waals surface area (Å²) in [5.74, 6) is 0. The number of aromatic nitrogens is 2. The molecule has 2 atom stereocenters. The van der Waals surface area contributed by atoms with E-state index in [0.717, 1.165) is 5.69 Å². The third kappa shape index (κ3) is 2.04. The van der Waals surface area contributed by atoms with Gasteiger partial charge >= 0.3 is 0 Å². The molecule has 2 heterocycles. The monoisotopic (exact) mass is 211 g/mol. The molecule has 84 valence electrons. The summed E-state index contributed by atoms with van der Waals surface area (Å²) >= 11 is 0. The molecular formula is C10H17N3O2. The fourth-order valence-electron chi connectivity index (χ4n) is 1.66. The molecular weight excluding hydrogens is 194 g/mol. The van der Waals surface area contributed by atoms with E-state index in [2.05, 4.69) is 18.8 Å². The van der Waals surface area contributed by atoms with E-state index in [1.54, 1.807) is 12.5 Å². The lowest BCUT2D eigenvalue weighted by atomic mass is 10.3. The van der Waals surface area contributed by atoms with Crippen molar-refractivity contribution in [1.82, 2.24) is 9.55 Å². The van der Waals surface area contributed by atoms with Gasteiger partial charge in [0.15, 0.2) is 0 Å². The van der Waals surface area contributed by atoms with Crippen LogP contribution in [0.4, 0.5) is 0 Å². The van der Waals surface area contributed by atoms with E-state index >= 15 is 0 Å². The first-order valence-electron chi connectivity index (χ1n) is 5.21. The van der Waals surface area contributed by atoms with Gasteiger partial charge in [0, 0.05) is 12.6 Å². The number of rotatable bonds is 3. The Kier molecular flexibility index (Phi) is 3.04. The van der Waals surface area contributed by atoms with Crippen molar-refractivity contribution in [3.63, 3.8) is 0 Å². The predicted molar refractivity (Wildman–Crippen MR) is 55.2 cm³/mol. The van der Waals surface area contributed by atoms with Gasteiger partial charge in [0.05, 0.1) is 30.9 Å². The van der Waals surface area contributed by atoms with Crippen molar-refractivity contribution in [1.29, 1.82) is 0 Å². The van der Waals surface area contributed by atoms with Crippen molar-refractivity contribution in [3.8, 4) is 0 Å². The van der Waals surface area contributed by atoms with Gasteiger partial charge in [-0.15, -0.1) is 0 Å². The van der Waals surface area contributed by atoms with Crippen LogP contribution < -0.4 is 5.73 Å². The second kappa shape index (κ2) is 4.30. The summed E-state index contributed by atoms with van der Waals surface area (Å²) in [6.07, 6.45) is 3.26. The Morgan fingerprint density at radius 3 is 3.07 bits per heavy atom. The molecule has 1 fully saturated rings. The van der Waals surface area contributed by atoms with E-state index in [1.165, 1.54) is 0 Å². The van der Waals surface area contributed by atoms with Crippen LogP contribution in [0.5, 0.6) is 0 Å².